The Hall–Kier alpha value is -1.92. The molecule has 322 valence electrons. The topological polar surface area (TPSA) is 95.9 Å². The maximum atomic E-state index is 12.4. The summed E-state index contributed by atoms with van der Waals surface area (Å²) in [5.74, 6) is -0.130. The van der Waals surface area contributed by atoms with Gasteiger partial charge in [0.25, 0.3) is 0 Å². The fraction of sp³-hybridized carbons (Fsp3) is 0.837. The fourth-order valence-corrected chi connectivity index (χ4v) is 6.91. The molecule has 0 saturated heterocycles. The molecule has 0 aromatic rings. The average molecular weight is 774 g/mol. The lowest BCUT2D eigenvalue weighted by Crippen LogP contribution is -2.45. The highest BCUT2D eigenvalue weighted by atomic mass is 16.5. The molecule has 0 aliphatic carbocycles. The van der Waals surface area contributed by atoms with Gasteiger partial charge in [0.2, 0.25) is 5.91 Å². The number of carbonyl (C=O) groups excluding carboxylic acids is 2. The lowest BCUT2D eigenvalue weighted by Gasteiger charge is -2.20. The van der Waals surface area contributed by atoms with Crippen LogP contribution in [0, 0.1) is 0 Å². The van der Waals surface area contributed by atoms with Gasteiger partial charge in [-0.05, 0) is 89.9 Å². The summed E-state index contributed by atoms with van der Waals surface area (Å²) in [7, 11) is 0. The zero-order chi connectivity index (χ0) is 40.1. The van der Waals surface area contributed by atoms with Gasteiger partial charge < -0.3 is 20.3 Å². The first kappa shape index (κ1) is 53.1. The van der Waals surface area contributed by atoms with Gasteiger partial charge in [-0.3, -0.25) is 9.59 Å². The van der Waals surface area contributed by atoms with Crippen molar-refractivity contribution < 1.29 is 24.5 Å². The van der Waals surface area contributed by atoms with Crippen LogP contribution in [0.4, 0.5) is 0 Å². The molecule has 0 fully saturated rings. The molecule has 0 aromatic heterocycles. The summed E-state index contributed by atoms with van der Waals surface area (Å²) in [6.07, 6.45) is 52.7. The minimum Gasteiger partial charge on any atom is -0.466 e. The number of aliphatic hydroxyl groups excluding tert-OH is 2. The third-order valence-corrected chi connectivity index (χ3v) is 10.6. The molecular weight excluding hydrogens is 683 g/mol. The maximum Gasteiger partial charge on any atom is 0.305 e. The van der Waals surface area contributed by atoms with Gasteiger partial charge in [-0.25, -0.2) is 0 Å². The van der Waals surface area contributed by atoms with Crippen LogP contribution < -0.4 is 5.32 Å². The van der Waals surface area contributed by atoms with E-state index in [1.807, 2.05) is 6.08 Å². The number of unbranched alkanes of at least 4 members (excludes halogenated alkanes) is 28. The number of aliphatic hydroxyl groups is 2. The minimum atomic E-state index is -0.859. The van der Waals surface area contributed by atoms with Gasteiger partial charge in [-0.1, -0.05) is 172 Å². The third-order valence-electron chi connectivity index (χ3n) is 10.6. The molecular formula is C49H91NO5. The van der Waals surface area contributed by atoms with E-state index in [0.717, 1.165) is 83.5 Å². The number of hydrogen-bond acceptors (Lipinski definition) is 5. The lowest BCUT2D eigenvalue weighted by molar-refractivity contribution is -0.143. The van der Waals surface area contributed by atoms with Crippen LogP contribution >= 0.6 is 0 Å². The second-order valence-corrected chi connectivity index (χ2v) is 16.1. The number of nitrogens with one attached hydrogen (secondary N) is 1. The van der Waals surface area contributed by atoms with Crippen molar-refractivity contribution >= 4 is 11.9 Å². The summed E-state index contributed by atoms with van der Waals surface area (Å²) < 4.78 is 5.43. The van der Waals surface area contributed by atoms with E-state index in [9.17, 15) is 19.8 Å². The standard InChI is InChI=1S/C49H91NO5/c1-3-5-7-9-11-13-15-17-18-23-27-31-35-39-43-49(54)55-44-40-36-32-28-24-20-19-22-26-30-34-38-42-48(53)50-46(45-51)47(52)41-37-33-29-25-21-16-14-12-10-8-6-4-2/h15,17,20,24,37,41,46-47,51-52H,3-14,16,18-19,21-23,25-36,38-40,42-45H2,1-2H3,(H,50,53)/b17-15-,24-20-,41-37+. The van der Waals surface area contributed by atoms with E-state index < -0.39 is 12.1 Å². The van der Waals surface area contributed by atoms with Gasteiger partial charge in [-0.15, -0.1) is 0 Å². The van der Waals surface area contributed by atoms with E-state index in [-0.39, 0.29) is 18.5 Å². The molecule has 0 heterocycles. The molecule has 0 spiro atoms. The zero-order valence-electron chi connectivity index (χ0n) is 36.4. The van der Waals surface area contributed by atoms with Crippen LogP contribution in [0.2, 0.25) is 0 Å². The highest BCUT2D eigenvalue weighted by Gasteiger charge is 2.18. The second-order valence-electron chi connectivity index (χ2n) is 16.1. The molecule has 0 aromatic carbocycles. The molecule has 6 heteroatoms. The molecule has 0 bridgehead atoms. The van der Waals surface area contributed by atoms with Crippen molar-refractivity contribution in [2.75, 3.05) is 13.2 Å². The van der Waals surface area contributed by atoms with Gasteiger partial charge in [0.15, 0.2) is 0 Å². The van der Waals surface area contributed by atoms with Crippen molar-refractivity contribution in [3.05, 3.63) is 36.5 Å². The lowest BCUT2D eigenvalue weighted by atomic mass is 10.1. The fourth-order valence-electron chi connectivity index (χ4n) is 6.91. The van der Waals surface area contributed by atoms with Gasteiger partial charge >= 0.3 is 5.97 Å². The quantitative estimate of drug-likeness (QED) is 0.0326. The van der Waals surface area contributed by atoms with Gasteiger partial charge in [-0.2, -0.15) is 0 Å². The van der Waals surface area contributed by atoms with Crippen molar-refractivity contribution in [1.82, 2.24) is 5.32 Å². The Labute approximate surface area is 341 Å². The van der Waals surface area contributed by atoms with E-state index in [4.69, 9.17) is 4.74 Å². The third kappa shape index (κ3) is 41.5. The number of ether oxygens (including phenoxy) is 1. The van der Waals surface area contributed by atoms with E-state index >= 15 is 0 Å². The smallest absolute Gasteiger partial charge is 0.305 e. The number of rotatable bonds is 43. The Bertz CT molecular complexity index is 900. The SMILES string of the molecule is CCCCCCC/C=C\CCCCCCCC(=O)OCCCCC/C=C\CCCCCCCC(=O)NC(CO)C(O)/C=C/CCCCCCCCCCCC. The van der Waals surface area contributed by atoms with Crippen molar-refractivity contribution in [3.63, 3.8) is 0 Å². The van der Waals surface area contributed by atoms with Crippen molar-refractivity contribution in [3.8, 4) is 0 Å². The predicted octanol–water partition coefficient (Wildman–Crippen LogP) is 13.7. The van der Waals surface area contributed by atoms with Crippen LogP contribution in [0.5, 0.6) is 0 Å². The van der Waals surface area contributed by atoms with E-state index in [1.54, 1.807) is 6.08 Å². The molecule has 0 rings (SSSR count). The normalized spacial score (nSPS) is 13.0. The summed E-state index contributed by atoms with van der Waals surface area (Å²) in [4.78, 5) is 24.4. The zero-order valence-corrected chi connectivity index (χ0v) is 36.4. The highest BCUT2D eigenvalue weighted by Crippen LogP contribution is 2.13. The molecule has 0 radical (unpaired) electrons. The first-order valence-electron chi connectivity index (χ1n) is 23.8. The Morgan fingerprint density at radius 3 is 1.29 bits per heavy atom. The Kier molecular flexibility index (Phi) is 43.2. The highest BCUT2D eigenvalue weighted by molar-refractivity contribution is 5.76. The van der Waals surface area contributed by atoms with Crippen LogP contribution in [-0.2, 0) is 14.3 Å². The van der Waals surface area contributed by atoms with E-state index in [2.05, 4.69) is 43.5 Å². The molecule has 0 aliphatic rings. The summed E-state index contributed by atoms with van der Waals surface area (Å²) >= 11 is 0. The van der Waals surface area contributed by atoms with E-state index in [1.165, 1.54) is 128 Å². The largest absolute Gasteiger partial charge is 0.466 e. The van der Waals surface area contributed by atoms with Crippen LogP contribution in [0.3, 0.4) is 0 Å². The predicted molar refractivity (Wildman–Crippen MR) is 236 cm³/mol. The molecule has 3 N–H and O–H groups in total. The minimum absolute atomic E-state index is 0.0340. The molecule has 0 saturated carbocycles. The Morgan fingerprint density at radius 2 is 0.855 bits per heavy atom. The molecule has 1 amide bonds. The average Bonchev–Trinajstić information content (AvgIpc) is 3.18. The van der Waals surface area contributed by atoms with E-state index in [0.29, 0.717) is 19.4 Å². The summed E-state index contributed by atoms with van der Waals surface area (Å²) in [6, 6.07) is -0.645. The van der Waals surface area contributed by atoms with Crippen LogP contribution in [0.1, 0.15) is 239 Å². The van der Waals surface area contributed by atoms with Crippen molar-refractivity contribution in [1.29, 1.82) is 0 Å². The van der Waals surface area contributed by atoms with Crippen molar-refractivity contribution in [2.24, 2.45) is 0 Å². The number of allylic oxidation sites excluding steroid dienone is 5. The monoisotopic (exact) mass is 774 g/mol. The second kappa shape index (κ2) is 44.8. The number of amides is 1. The number of hydrogen-bond donors (Lipinski definition) is 3. The summed E-state index contributed by atoms with van der Waals surface area (Å²) in [5, 5.41) is 22.9. The molecule has 55 heavy (non-hydrogen) atoms. The Balaban J connectivity index is 3.55. The van der Waals surface area contributed by atoms with Gasteiger partial charge in [0, 0.05) is 12.8 Å². The van der Waals surface area contributed by atoms with Crippen molar-refractivity contribution in [2.45, 2.75) is 251 Å². The summed E-state index contributed by atoms with van der Waals surface area (Å²) in [5.41, 5.74) is 0. The molecule has 2 unspecified atom stereocenters. The number of esters is 1. The summed E-state index contributed by atoms with van der Waals surface area (Å²) in [6.45, 7) is 4.80. The van der Waals surface area contributed by atoms with Gasteiger partial charge in [0.1, 0.15) is 0 Å². The molecule has 2 atom stereocenters. The first-order chi connectivity index (χ1) is 27.0. The first-order valence-corrected chi connectivity index (χ1v) is 23.8. The van der Waals surface area contributed by atoms with Crippen LogP contribution in [0.15, 0.2) is 36.5 Å². The maximum absolute atomic E-state index is 12.4. The molecule has 0 aliphatic heterocycles. The van der Waals surface area contributed by atoms with Crippen LogP contribution in [0.25, 0.3) is 0 Å². The Morgan fingerprint density at radius 1 is 0.491 bits per heavy atom. The molecule has 6 nitrogen and oxygen atoms in total. The van der Waals surface area contributed by atoms with Crippen LogP contribution in [-0.4, -0.2) is 47.4 Å². The van der Waals surface area contributed by atoms with Gasteiger partial charge in [0.05, 0.1) is 25.4 Å². The number of carbonyl (C=O) groups is 2.